The predicted octanol–water partition coefficient (Wildman–Crippen LogP) is 3.23. The number of rotatable bonds is 5. The Bertz CT molecular complexity index is 396. The van der Waals surface area contributed by atoms with Gasteiger partial charge in [0, 0.05) is 5.02 Å². The van der Waals surface area contributed by atoms with Crippen LogP contribution in [0.25, 0.3) is 0 Å². The van der Waals surface area contributed by atoms with Gasteiger partial charge in [-0.2, -0.15) is 0 Å². The number of hydrogen-bond donors (Lipinski definition) is 0. The van der Waals surface area contributed by atoms with Crippen molar-refractivity contribution in [3.05, 3.63) is 40.9 Å². The molecule has 4 heteroatoms. The summed E-state index contributed by atoms with van der Waals surface area (Å²) in [6, 6.07) is 6.97. The summed E-state index contributed by atoms with van der Waals surface area (Å²) in [7, 11) is 0. The van der Waals surface area contributed by atoms with Crippen LogP contribution in [0.2, 0.25) is 5.02 Å². The van der Waals surface area contributed by atoms with Gasteiger partial charge in [-0.05, 0) is 38.1 Å². The molecule has 0 fully saturated rings. The molecule has 0 aliphatic carbocycles. The summed E-state index contributed by atoms with van der Waals surface area (Å²) in [5.74, 6) is 0.321. The van der Waals surface area contributed by atoms with Crippen molar-refractivity contribution in [2.24, 2.45) is 0 Å². The van der Waals surface area contributed by atoms with E-state index in [0.29, 0.717) is 23.0 Å². The van der Waals surface area contributed by atoms with Crippen molar-refractivity contribution in [1.82, 2.24) is 0 Å². The minimum Gasteiger partial charge on any atom is -0.489 e. The topological polar surface area (TPSA) is 35.5 Å². The molecule has 0 N–H and O–H groups in total. The van der Waals surface area contributed by atoms with Gasteiger partial charge in [0.25, 0.3) is 0 Å². The number of esters is 1. The second kappa shape index (κ2) is 6.97. The molecule has 0 unspecified atom stereocenters. The fourth-order valence-electron chi connectivity index (χ4n) is 1.18. The Morgan fingerprint density at radius 3 is 2.53 bits per heavy atom. The van der Waals surface area contributed by atoms with Gasteiger partial charge in [-0.15, -0.1) is 0 Å². The highest BCUT2D eigenvalue weighted by molar-refractivity contribution is 6.30. The van der Waals surface area contributed by atoms with Crippen molar-refractivity contribution in [2.75, 3.05) is 13.2 Å². The third-order valence-electron chi connectivity index (χ3n) is 2.09. The van der Waals surface area contributed by atoms with E-state index in [1.54, 1.807) is 44.2 Å². The lowest BCUT2D eigenvalue weighted by molar-refractivity contribution is -0.138. The second-order valence-corrected chi connectivity index (χ2v) is 3.71. The SMILES string of the molecule is C/C=C(/COc1ccc(Cl)cc1)C(=O)OCC. The van der Waals surface area contributed by atoms with E-state index in [1.165, 1.54) is 0 Å². The molecule has 0 bridgehead atoms. The Morgan fingerprint density at radius 1 is 1.35 bits per heavy atom. The second-order valence-electron chi connectivity index (χ2n) is 3.28. The summed E-state index contributed by atoms with van der Waals surface area (Å²) in [6.45, 7) is 4.09. The molecular weight excluding hydrogens is 240 g/mol. The average molecular weight is 255 g/mol. The monoisotopic (exact) mass is 254 g/mol. The van der Waals surface area contributed by atoms with Crippen molar-refractivity contribution in [3.8, 4) is 5.75 Å². The van der Waals surface area contributed by atoms with E-state index in [0.717, 1.165) is 0 Å². The molecule has 0 saturated carbocycles. The number of allylic oxidation sites excluding steroid dienone is 1. The maximum atomic E-state index is 11.5. The maximum absolute atomic E-state index is 11.5. The average Bonchev–Trinajstić information content (AvgIpc) is 2.32. The highest BCUT2D eigenvalue weighted by Gasteiger charge is 2.09. The highest BCUT2D eigenvalue weighted by Crippen LogP contribution is 2.16. The first kappa shape index (κ1) is 13.6. The Kier molecular flexibility index (Phi) is 5.57. The van der Waals surface area contributed by atoms with Crippen molar-refractivity contribution >= 4 is 17.6 Å². The van der Waals surface area contributed by atoms with Gasteiger partial charge < -0.3 is 9.47 Å². The normalized spacial score (nSPS) is 11.1. The summed E-state index contributed by atoms with van der Waals surface area (Å²) in [5.41, 5.74) is 0.502. The molecule has 92 valence electrons. The fraction of sp³-hybridized carbons (Fsp3) is 0.308. The van der Waals surface area contributed by atoms with Crippen molar-refractivity contribution < 1.29 is 14.3 Å². The van der Waals surface area contributed by atoms with Gasteiger partial charge in [-0.3, -0.25) is 0 Å². The van der Waals surface area contributed by atoms with E-state index < -0.39 is 0 Å². The first-order valence-corrected chi connectivity index (χ1v) is 5.75. The van der Waals surface area contributed by atoms with Gasteiger partial charge in [0.05, 0.1) is 12.2 Å². The number of halogens is 1. The maximum Gasteiger partial charge on any atom is 0.337 e. The van der Waals surface area contributed by atoms with Crippen LogP contribution >= 0.6 is 11.6 Å². The largest absolute Gasteiger partial charge is 0.489 e. The number of carbonyl (C=O) groups is 1. The number of carbonyl (C=O) groups excluding carboxylic acids is 1. The zero-order valence-electron chi connectivity index (χ0n) is 9.90. The molecule has 0 aromatic heterocycles. The van der Waals surface area contributed by atoms with Gasteiger partial charge in [-0.1, -0.05) is 17.7 Å². The Balaban J connectivity index is 2.54. The number of ether oxygens (including phenoxy) is 2. The molecule has 0 saturated heterocycles. The predicted molar refractivity (Wildman–Crippen MR) is 67.3 cm³/mol. The molecule has 0 aliphatic heterocycles. The quantitative estimate of drug-likeness (QED) is 0.598. The molecule has 0 spiro atoms. The van der Waals surface area contributed by atoms with E-state index in [-0.39, 0.29) is 12.6 Å². The van der Waals surface area contributed by atoms with Gasteiger partial charge >= 0.3 is 5.97 Å². The minimum absolute atomic E-state index is 0.191. The highest BCUT2D eigenvalue weighted by atomic mass is 35.5. The Hall–Kier alpha value is -1.48. The van der Waals surface area contributed by atoms with E-state index in [2.05, 4.69) is 0 Å². The van der Waals surface area contributed by atoms with E-state index in [1.807, 2.05) is 0 Å². The van der Waals surface area contributed by atoms with Gasteiger partial charge in [-0.25, -0.2) is 4.79 Å². The van der Waals surface area contributed by atoms with Crippen LogP contribution < -0.4 is 4.74 Å². The van der Waals surface area contributed by atoms with Crippen LogP contribution in [0.15, 0.2) is 35.9 Å². The van der Waals surface area contributed by atoms with Gasteiger partial charge in [0.2, 0.25) is 0 Å². The molecule has 0 radical (unpaired) electrons. The zero-order chi connectivity index (χ0) is 12.7. The van der Waals surface area contributed by atoms with E-state index in [4.69, 9.17) is 21.1 Å². The van der Waals surface area contributed by atoms with Crippen molar-refractivity contribution in [2.45, 2.75) is 13.8 Å². The van der Waals surface area contributed by atoms with Gasteiger partial charge in [0.1, 0.15) is 12.4 Å². The number of benzene rings is 1. The van der Waals surface area contributed by atoms with Crippen LogP contribution in [0.3, 0.4) is 0 Å². The lowest BCUT2D eigenvalue weighted by Gasteiger charge is -2.08. The minimum atomic E-state index is -0.344. The summed E-state index contributed by atoms with van der Waals surface area (Å²) in [4.78, 5) is 11.5. The molecule has 0 heterocycles. The summed E-state index contributed by atoms with van der Waals surface area (Å²) < 4.78 is 10.3. The lowest BCUT2D eigenvalue weighted by atomic mass is 10.2. The molecule has 1 aromatic carbocycles. The Morgan fingerprint density at radius 2 is 2.00 bits per heavy atom. The third-order valence-corrected chi connectivity index (χ3v) is 2.35. The van der Waals surface area contributed by atoms with Crippen molar-refractivity contribution in [1.29, 1.82) is 0 Å². The molecule has 0 amide bonds. The van der Waals surface area contributed by atoms with Gasteiger partial charge in [0.15, 0.2) is 0 Å². The van der Waals surface area contributed by atoms with Crippen LogP contribution in [0.1, 0.15) is 13.8 Å². The zero-order valence-corrected chi connectivity index (χ0v) is 10.7. The summed E-state index contributed by atoms with van der Waals surface area (Å²) in [6.07, 6.45) is 1.69. The molecule has 0 atom stereocenters. The lowest BCUT2D eigenvalue weighted by Crippen LogP contribution is -2.14. The molecule has 0 aliphatic rings. The standard InChI is InChI=1S/C13H15ClO3/c1-3-10(13(15)16-4-2)9-17-12-7-5-11(14)6-8-12/h3,5-8H,4,9H2,1-2H3/b10-3-. The summed E-state index contributed by atoms with van der Waals surface area (Å²) >= 11 is 5.75. The first-order chi connectivity index (χ1) is 8.17. The molecule has 1 aromatic rings. The van der Waals surface area contributed by atoms with Crippen molar-refractivity contribution in [3.63, 3.8) is 0 Å². The van der Waals surface area contributed by atoms with Crippen LogP contribution in [0, 0.1) is 0 Å². The summed E-state index contributed by atoms with van der Waals surface area (Å²) in [5, 5.41) is 0.647. The van der Waals surface area contributed by atoms with E-state index in [9.17, 15) is 4.79 Å². The smallest absolute Gasteiger partial charge is 0.337 e. The first-order valence-electron chi connectivity index (χ1n) is 5.38. The Labute approximate surface area is 106 Å². The molecule has 3 nitrogen and oxygen atoms in total. The molecule has 1 rings (SSSR count). The van der Waals surface area contributed by atoms with E-state index >= 15 is 0 Å². The van der Waals surface area contributed by atoms with Crippen LogP contribution in [0.5, 0.6) is 5.75 Å². The fourth-order valence-corrected chi connectivity index (χ4v) is 1.30. The van der Waals surface area contributed by atoms with Crippen LogP contribution in [-0.4, -0.2) is 19.2 Å². The van der Waals surface area contributed by atoms with Crippen LogP contribution in [0.4, 0.5) is 0 Å². The van der Waals surface area contributed by atoms with Crippen LogP contribution in [-0.2, 0) is 9.53 Å². The number of hydrogen-bond acceptors (Lipinski definition) is 3. The molecular formula is C13H15ClO3. The third kappa shape index (κ3) is 4.49. The molecule has 17 heavy (non-hydrogen) atoms.